The van der Waals surface area contributed by atoms with Gasteiger partial charge in [0.15, 0.2) is 6.61 Å². The van der Waals surface area contributed by atoms with E-state index in [0.29, 0.717) is 12.1 Å². The van der Waals surface area contributed by atoms with E-state index in [-0.39, 0.29) is 12.5 Å². The summed E-state index contributed by atoms with van der Waals surface area (Å²) < 4.78 is 5.05. The molecule has 1 aromatic carbocycles. The van der Waals surface area contributed by atoms with Crippen LogP contribution in [-0.2, 0) is 16.1 Å². The van der Waals surface area contributed by atoms with E-state index < -0.39 is 5.97 Å². The molecule has 110 valence electrons. The number of nitrogens with one attached hydrogen (secondary N) is 1. The van der Waals surface area contributed by atoms with Crippen LogP contribution in [0.1, 0.15) is 26.4 Å². The molecule has 1 heterocycles. The van der Waals surface area contributed by atoms with Gasteiger partial charge >= 0.3 is 5.97 Å². The van der Waals surface area contributed by atoms with E-state index in [9.17, 15) is 9.59 Å². The predicted octanol–water partition coefficient (Wildman–Crippen LogP) is 2.84. The predicted molar refractivity (Wildman–Crippen MR) is 82.4 cm³/mol. The number of esters is 1. The SMILES string of the molecule is Cc1cccc(C(=O)OCC(=O)NCc2cccs2)c1C. The summed E-state index contributed by atoms with van der Waals surface area (Å²) in [4.78, 5) is 24.7. The van der Waals surface area contributed by atoms with Crippen LogP contribution in [0.3, 0.4) is 0 Å². The highest BCUT2D eigenvalue weighted by Crippen LogP contribution is 2.13. The van der Waals surface area contributed by atoms with E-state index >= 15 is 0 Å². The van der Waals surface area contributed by atoms with Crippen LogP contribution in [0.15, 0.2) is 35.7 Å². The van der Waals surface area contributed by atoms with Gasteiger partial charge in [-0.2, -0.15) is 0 Å². The summed E-state index contributed by atoms with van der Waals surface area (Å²) in [6.45, 7) is 3.98. The molecule has 2 aromatic rings. The van der Waals surface area contributed by atoms with Crippen molar-refractivity contribution in [1.82, 2.24) is 5.32 Å². The number of ether oxygens (including phenoxy) is 1. The molecule has 1 N–H and O–H groups in total. The largest absolute Gasteiger partial charge is 0.452 e. The molecule has 0 saturated carbocycles. The molecule has 0 atom stereocenters. The first kappa shape index (κ1) is 15.3. The van der Waals surface area contributed by atoms with Crippen LogP contribution in [0.2, 0.25) is 0 Å². The number of aryl methyl sites for hydroxylation is 1. The highest BCUT2D eigenvalue weighted by atomic mass is 32.1. The third-order valence-corrected chi connectivity index (χ3v) is 4.08. The molecule has 1 amide bonds. The number of amides is 1. The molecule has 0 aliphatic rings. The Hall–Kier alpha value is -2.14. The number of hydrogen-bond donors (Lipinski definition) is 1. The fraction of sp³-hybridized carbons (Fsp3) is 0.250. The molecule has 5 heteroatoms. The zero-order chi connectivity index (χ0) is 15.2. The third kappa shape index (κ3) is 4.16. The molecule has 0 aliphatic carbocycles. The van der Waals surface area contributed by atoms with Crippen LogP contribution in [0.5, 0.6) is 0 Å². The van der Waals surface area contributed by atoms with Crippen LogP contribution in [0, 0.1) is 13.8 Å². The Labute approximate surface area is 127 Å². The van der Waals surface area contributed by atoms with Crippen LogP contribution < -0.4 is 5.32 Å². The number of benzene rings is 1. The topological polar surface area (TPSA) is 55.4 Å². The molecule has 0 bridgehead atoms. The zero-order valence-corrected chi connectivity index (χ0v) is 12.8. The lowest BCUT2D eigenvalue weighted by Gasteiger charge is -2.09. The number of hydrogen-bond acceptors (Lipinski definition) is 4. The highest BCUT2D eigenvalue weighted by molar-refractivity contribution is 7.09. The Morgan fingerprint density at radius 1 is 1.19 bits per heavy atom. The van der Waals surface area contributed by atoms with E-state index in [2.05, 4.69) is 5.32 Å². The van der Waals surface area contributed by atoms with Crippen molar-refractivity contribution in [2.75, 3.05) is 6.61 Å². The van der Waals surface area contributed by atoms with Gasteiger partial charge in [-0.1, -0.05) is 18.2 Å². The lowest BCUT2D eigenvalue weighted by molar-refractivity contribution is -0.124. The van der Waals surface area contributed by atoms with E-state index in [1.165, 1.54) is 0 Å². The minimum atomic E-state index is -0.470. The molecule has 0 unspecified atom stereocenters. The molecule has 0 aliphatic heterocycles. The van der Waals surface area contributed by atoms with Gasteiger partial charge < -0.3 is 10.1 Å². The van der Waals surface area contributed by atoms with Gasteiger partial charge in [0.25, 0.3) is 5.91 Å². The first-order valence-corrected chi connectivity index (χ1v) is 7.48. The van der Waals surface area contributed by atoms with Crippen LogP contribution in [0.25, 0.3) is 0 Å². The smallest absolute Gasteiger partial charge is 0.338 e. The average Bonchev–Trinajstić information content (AvgIpc) is 2.99. The first-order valence-electron chi connectivity index (χ1n) is 6.60. The average molecular weight is 303 g/mol. The van der Waals surface area contributed by atoms with Gasteiger partial charge in [0.05, 0.1) is 12.1 Å². The minimum absolute atomic E-state index is 0.266. The Bertz CT molecular complexity index is 635. The van der Waals surface area contributed by atoms with Gasteiger partial charge in [0.2, 0.25) is 0 Å². The minimum Gasteiger partial charge on any atom is -0.452 e. The fourth-order valence-corrected chi connectivity index (χ4v) is 2.48. The Balaban J connectivity index is 1.83. The van der Waals surface area contributed by atoms with Crippen molar-refractivity contribution >= 4 is 23.2 Å². The van der Waals surface area contributed by atoms with Crippen LogP contribution >= 0.6 is 11.3 Å². The van der Waals surface area contributed by atoms with Crippen molar-refractivity contribution in [2.45, 2.75) is 20.4 Å². The molecule has 21 heavy (non-hydrogen) atoms. The quantitative estimate of drug-likeness (QED) is 0.864. The standard InChI is InChI=1S/C16H17NO3S/c1-11-5-3-7-14(12(11)2)16(19)20-10-15(18)17-9-13-6-4-8-21-13/h3-8H,9-10H2,1-2H3,(H,17,18). The lowest BCUT2D eigenvalue weighted by atomic mass is 10.0. The number of thiophene rings is 1. The highest BCUT2D eigenvalue weighted by Gasteiger charge is 2.13. The number of rotatable bonds is 5. The molecular formula is C16H17NO3S. The van der Waals surface area contributed by atoms with E-state index in [1.54, 1.807) is 23.5 Å². The van der Waals surface area contributed by atoms with Crippen LogP contribution in [0.4, 0.5) is 0 Å². The van der Waals surface area contributed by atoms with Crippen molar-refractivity contribution in [3.63, 3.8) is 0 Å². The van der Waals surface area contributed by atoms with Gasteiger partial charge in [-0.25, -0.2) is 4.79 Å². The van der Waals surface area contributed by atoms with Crippen LogP contribution in [-0.4, -0.2) is 18.5 Å². The van der Waals surface area contributed by atoms with Gasteiger partial charge in [0.1, 0.15) is 0 Å². The summed E-state index contributed by atoms with van der Waals surface area (Å²) in [5, 5.41) is 4.66. The molecule has 0 saturated heterocycles. The maximum Gasteiger partial charge on any atom is 0.338 e. The molecule has 1 aromatic heterocycles. The Morgan fingerprint density at radius 3 is 2.71 bits per heavy atom. The summed E-state index contributed by atoms with van der Waals surface area (Å²) in [5.41, 5.74) is 2.40. The summed E-state index contributed by atoms with van der Waals surface area (Å²) in [6.07, 6.45) is 0. The molecular weight excluding hydrogens is 286 g/mol. The van der Waals surface area contributed by atoms with Crippen molar-refractivity contribution in [1.29, 1.82) is 0 Å². The maximum atomic E-state index is 12.0. The normalized spacial score (nSPS) is 10.2. The second-order valence-electron chi connectivity index (χ2n) is 4.68. The zero-order valence-electron chi connectivity index (χ0n) is 12.0. The lowest BCUT2D eigenvalue weighted by Crippen LogP contribution is -2.28. The molecule has 0 radical (unpaired) electrons. The third-order valence-electron chi connectivity index (χ3n) is 3.20. The van der Waals surface area contributed by atoms with E-state index in [1.807, 2.05) is 37.4 Å². The van der Waals surface area contributed by atoms with Gasteiger partial charge in [-0.05, 0) is 42.5 Å². The van der Waals surface area contributed by atoms with Crippen molar-refractivity contribution in [3.05, 3.63) is 57.3 Å². The second-order valence-corrected chi connectivity index (χ2v) is 5.71. The summed E-state index contributed by atoms with van der Waals surface area (Å²) in [6, 6.07) is 9.30. The summed E-state index contributed by atoms with van der Waals surface area (Å²) in [7, 11) is 0. The Kier molecular flexibility index (Phi) is 5.11. The maximum absolute atomic E-state index is 12.0. The Morgan fingerprint density at radius 2 is 2.00 bits per heavy atom. The molecule has 2 rings (SSSR count). The molecule has 4 nitrogen and oxygen atoms in total. The fourth-order valence-electron chi connectivity index (χ4n) is 1.83. The molecule has 0 spiro atoms. The van der Waals surface area contributed by atoms with E-state index in [0.717, 1.165) is 16.0 Å². The summed E-state index contributed by atoms with van der Waals surface area (Å²) in [5.74, 6) is -0.774. The summed E-state index contributed by atoms with van der Waals surface area (Å²) >= 11 is 1.57. The van der Waals surface area contributed by atoms with Crippen molar-refractivity contribution < 1.29 is 14.3 Å². The monoisotopic (exact) mass is 303 g/mol. The van der Waals surface area contributed by atoms with E-state index in [4.69, 9.17) is 4.74 Å². The van der Waals surface area contributed by atoms with Crippen molar-refractivity contribution in [2.24, 2.45) is 0 Å². The molecule has 0 fully saturated rings. The van der Waals surface area contributed by atoms with Gasteiger partial charge in [-0.3, -0.25) is 4.79 Å². The van der Waals surface area contributed by atoms with Gasteiger partial charge in [0, 0.05) is 4.88 Å². The number of carbonyl (C=O) groups excluding carboxylic acids is 2. The van der Waals surface area contributed by atoms with Gasteiger partial charge in [-0.15, -0.1) is 11.3 Å². The first-order chi connectivity index (χ1) is 10.1. The van der Waals surface area contributed by atoms with Crippen molar-refractivity contribution in [3.8, 4) is 0 Å². The second kappa shape index (κ2) is 7.04. The number of carbonyl (C=O) groups is 2.